The molecule has 3 atom stereocenters. The Hall–Kier alpha value is -1.44. The number of hydrogen-bond donors (Lipinski definition) is 2. The zero-order valence-corrected chi connectivity index (χ0v) is 11.1. The lowest BCUT2D eigenvalue weighted by molar-refractivity contribution is -0.132. The maximum absolute atomic E-state index is 11.8. The van der Waals surface area contributed by atoms with Gasteiger partial charge in [-0.2, -0.15) is 5.10 Å². The van der Waals surface area contributed by atoms with E-state index < -0.39 is 6.10 Å². The van der Waals surface area contributed by atoms with E-state index in [4.69, 9.17) is 9.47 Å². The molecule has 0 radical (unpaired) electrons. The molecule has 1 aliphatic rings. The monoisotopic (exact) mass is 269 g/mol. The van der Waals surface area contributed by atoms with E-state index in [0.29, 0.717) is 25.3 Å². The highest BCUT2D eigenvalue weighted by Gasteiger charge is 2.32. The van der Waals surface area contributed by atoms with Crippen LogP contribution in [0.1, 0.15) is 10.4 Å². The third-order valence-corrected chi connectivity index (χ3v) is 3.27. The summed E-state index contributed by atoms with van der Waals surface area (Å²) in [6.45, 7) is 1.13. The molecule has 19 heavy (non-hydrogen) atoms. The average Bonchev–Trinajstić information content (AvgIpc) is 2.84. The standard InChI is InChI=1S/C12H19N3O4/c1-15-5-8(4-14-15)12(17)13-3-9-6-19-7-10(18-2)11(9)16/h4-5,9-11,16H,3,6-7H2,1-2H3,(H,13,17)/t9-,10-,11+/m1/s1. The number of ether oxygens (including phenoxy) is 2. The number of methoxy groups -OCH3 is 1. The predicted octanol–water partition coefficient (Wildman–Crippen LogP) is -0.828. The van der Waals surface area contributed by atoms with E-state index in [1.165, 1.54) is 13.3 Å². The molecule has 2 heterocycles. The van der Waals surface area contributed by atoms with E-state index in [1.54, 1.807) is 17.9 Å². The van der Waals surface area contributed by atoms with Gasteiger partial charge in [-0.1, -0.05) is 0 Å². The Morgan fingerprint density at radius 2 is 2.47 bits per heavy atom. The number of rotatable bonds is 4. The zero-order chi connectivity index (χ0) is 13.8. The molecule has 2 N–H and O–H groups in total. The molecule has 2 rings (SSSR count). The molecule has 1 amide bonds. The van der Waals surface area contributed by atoms with Gasteiger partial charge in [0.05, 0.1) is 31.1 Å². The molecule has 0 bridgehead atoms. The Morgan fingerprint density at radius 1 is 1.68 bits per heavy atom. The van der Waals surface area contributed by atoms with E-state index in [9.17, 15) is 9.90 Å². The van der Waals surface area contributed by atoms with Crippen molar-refractivity contribution in [2.24, 2.45) is 13.0 Å². The minimum atomic E-state index is -0.632. The molecule has 1 aromatic heterocycles. The van der Waals surface area contributed by atoms with Crippen LogP contribution in [0.3, 0.4) is 0 Å². The van der Waals surface area contributed by atoms with Crippen LogP contribution in [-0.4, -0.2) is 59.9 Å². The summed E-state index contributed by atoms with van der Waals surface area (Å²) in [5.74, 6) is -0.376. The number of aryl methyl sites for hydroxylation is 1. The Kier molecular flexibility index (Phi) is 4.52. The minimum absolute atomic E-state index is 0.167. The summed E-state index contributed by atoms with van der Waals surface area (Å²) in [7, 11) is 3.28. The molecule has 7 heteroatoms. The summed E-state index contributed by atoms with van der Waals surface area (Å²) in [6.07, 6.45) is 2.17. The van der Waals surface area contributed by atoms with Gasteiger partial charge in [0.1, 0.15) is 6.10 Å². The fourth-order valence-electron chi connectivity index (χ4n) is 2.09. The van der Waals surface area contributed by atoms with Crippen LogP contribution in [-0.2, 0) is 16.5 Å². The van der Waals surface area contributed by atoms with Crippen LogP contribution in [0.5, 0.6) is 0 Å². The zero-order valence-electron chi connectivity index (χ0n) is 11.1. The fraction of sp³-hybridized carbons (Fsp3) is 0.667. The van der Waals surface area contributed by atoms with Crippen LogP contribution in [0.15, 0.2) is 12.4 Å². The van der Waals surface area contributed by atoms with Gasteiger partial charge in [0.15, 0.2) is 0 Å². The molecule has 1 aliphatic heterocycles. The summed E-state index contributed by atoms with van der Waals surface area (Å²) in [5.41, 5.74) is 0.497. The average molecular weight is 269 g/mol. The van der Waals surface area contributed by atoms with E-state index in [0.717, 1.165) is 0 Å². The fourth-order valence-corrected chi connectivity index (χ4v) is 2.09. The van der Waals surface area contributed by atoms with Crippen LogP contribution >= 0.6 is 0 Å². The SMILES string of the molecule is CO[C@@H]1COC[C@@H](CNC(=O)c2cnn(C)c2)[C@@H]1O. The van der Waals surface area contributed by atoms with Gasteiger partial charge in [-0.25, -0.2) is 0 Å². The van der Waals surface area contributed by atoms with Crippen molar-refractivity contribution >= 4 is 5.91 Å². The largest absolute Gasteiger partial charge is 0.390 e. The first kappa shape index (κ1) is 14.0. The van der Waals surface area contributed by atoms with Gasteiger partial charge in [0.2, 0.25) is 0 Å². The number of carbonyl (C=O) groups is 1. The lowest BCUT2D eigenvalue weighted by atomic mass is 9.96. The number of amides is 1. The first-order valence-electron chi connectivity index (χ1n) is 6.17. The van der Waals surface area contributed by atoms with Crippen LogP contribution in [0.25, 0.3) is 0 Å². The molecule has 0 spiro atoms. The Balaban J connectivity index is 1.86. The maximum Gasteiger partial charge on any atom is 0.254 e. The summed E-state index contributed by atoms with van der Waals surface area (Å²) in [5, 5.41) is 16.7. The van der Waals surface area contributed by atoms with E-state index >= 15 is 0 Å². The van der Waals surface area contributed by atoms with Crippen molar-refractivity contribution in [3.63, 3.8) is 0 Å². The highest BCUT2D eigenvalue weighted by Crippen LogP contribution is 2.16. The quantitative estimate of drug-likeness (QED) is 0.745. The normalized spacial score (nSPS) is 27.2. The van der Waals surface area contributed by atoms with E-state index in [-0.39, 0.29) is 17.9 Å². The van der Waals surface area contributed by atoms with Gasteiger partial charge < -0.3 is 19.9 Å². The maximum atomic E-state index is 11.8. The Morgan fingerprint density at radius 3 is 3.11 bits per heavy atom. The van der Waals surface area contributed by atoms with Crippen molar-refractivity contribution < 1.29 is 19.4 Å². The van der Waals surface area contributed by atoms with Gasteiger partial charge in [-0.15, -0.1) is 0 Å². The molecule has 1 fully saturated rings. The lowest BCUT2D eigenvalue weighted by Crippen LogP contribution is -2.49. The molecule has 0 saturated carbocycles. The minimum Gasteiger partial charge on any atom is -0.390 e. The van der Waals surface area contributed by atoms with Crippen LogP contribution < -0.4 is 5.32 Å². The molecule has 1 saturated heterocycles. The van der Waals surface area contributed by atoms with Crippen molar-refractivity contribution in [1.82, 2.24) is 15.1 Å². The van der Waals surface area contributed by atoms with Crippen LogP contribution in [0.4, 0.5) is 0 Å². The number of aliphatic hydroxyl groups excluding tert-OH is 1. The lowest BCUT2D eigenvalue weighted by Gasteiger charge is -2.33. The Labute approximate surface area is 111 Å². The summed E-state index contributed by atoms with van der Waals surface area (Å²) >= 11 is 0. The number of hydrogen-bond acceptors (Lipinski definition) is 5. The van der Waals surface area contributed by atoms with Gasteiger partial charge >= 0.3 is 0 Å². The van der Waals surface area contributed by atoms with Gasteiger partial charge in [0.25, 0.3) is 5.91 Å². The van der Waals surface area contributed by atoms with Crippen LogP contribution in [0, 0.1) is 5.92 Å². The number of carbonyl (C=O) groups excluding carboxylic acids is 1. The molecular formula is C12H19N3O4. The number of nitrogens with zero attached hydrogens (tertiary/aromatic N) is 2. The molecule has 1 aromatic rings. The van der Waals surface area contributed by atoms with Gasteiger partial charge in [-0.3, -0.25) is 9.48 Å². The third-order valence-electron chi connectivity index (χ3n) is 3.27. The van der Waals surface area contributed by atoms with Crippen molar-refractivity contribution in [2.75, 3.05) is 26.9 Å². The highest BCUT2D eigenvalue weighted by atomic mass is 16.5. The van der Waals surface area contributed by atoms with Crippen molar-refractivity contribution in [1.29, 1.82) is 0 Å². The van der Waals surface area contributed by atoms with E-state index in [2.05, 4.69) is 10.4 Å². The second-order valence-corrected chi connectivity index (χ2v) is 4.67. The summed E-state index contributed by atoms with van der Waals surface area (Å²) in [6, 6.07) is 0. The van der Waals surface area contributed by atoms with Gasteiger partial charge in [-0.05, 0) is 0 Å². The molecule has 0 aliphatic carbocycles. The number of aliphatic hydroxyl groups is 1. The molecule has 0 unspecified atom stereocenters. The molecule has 106 valence electrons. The number of nitrogens with one attached hydrogen (secondary N) is 1. The molecule has 7 nitrogen and oxygen atoms in total. The highest BCUT2D eigenvalue weighted by molar-refractivity contribution is 5.93. The summed E-state index contributed by atoms with van der Waals surface area (Å²) in [4.78, 5) is 11.8. The molecule has 0 aromatic carbocycles. The topological polar surface area (TPSA) is 85.6 Å². The second kappa shape index (κ2) is 6.14. The number of aromatic nitrogens is 2. The first-order valence-corrected chi connectivity index (χ1v) is 6.17. The van der Waals surface area contributed by atoms with Crippen molar-refractivity contribution in [3.05, 3.63) is 18.0 Å². The van der Waals surface area contributed by atoms with Gasteiger partial charge in [0, 0.05) is 32.8 Å². The second-order valence-electron chi connectivity index (χ2n) is 4.67. The first-order chi connectivity index (χ1) is 9.11. The van der Waals surface area contributed by atoms with Crippen molar-refractivity contribution in [3.8, 4) is 0 Å². The van der Waals surface area contributed by atoms with E-state index in [1.807, 2.05) is 0 Å². The third kappa shape index (κ3) is 3.31. The molecular weight excluding hydrogens is 250 g/mol. The van der Waals surface area contributed by atoms with Crippen molar-refractivity contribution in [2.45, 2.75) is 12.2 Å². The van der Waals surface area contributed by atoms with Crippen LogP contribution in [0.2, 0.25) is 0 Å². The smallest absolute Gasteiger partial charge is 0.254 e. The Bertz CT molecular complexity index is 434. The summed E-state index contributed by atoms with van der Waals surface area (Å²) < 4.78 is 12.0. The predicted molar refractivity (Wildman–Crippen MR) is 66.7 cm³/mol.